The first-order chi connectivity index (χ1) is 16.4. The summed E-state index contributed by atoms with van der Waals surface area (Å²) >= 11 is 0. The second kappa shape index (κ2) is 13.6. The molecule has 0 fully saturated rings. The summed E-state index contributed by atoms with van der Waals surface area (Å²) in [5, 5.41) is 0. The number of carbonyl (C=O) groups excluding carboxylic acids is 2. The van der Waals surface area contributed by atoms with Gasteiger partial charge in [0.15, 0.2) is 11.5 Å². The molecule has 0 aliphatic heterocycles. The van der Waals surface area contributed by atoms with Gasteiger partial charge in [-0.2, -0.15) is 0 Å². The summed E-state index contributed by atoms with van der Waals surface area (Å²) in [4.78, 5) is 30.3. The monoisotopic (exact) mass is 471 g/mol. The largest absolute Gasteiger partial charge is 0.490 e. The van der Waals surface area contributed by atoms with Crippen LogP contribution in [-0.4, -0.2) is 43.4 Å². The van der Waals surface area contributed by atoms with Crippen molar-refractivity contribution in [3.63, 3.8) is 0 Å². The van der Waals surface area contributed by atoms with Crippen molar-refractivity contribution in [2.45, 2.75) is 67.2 Å². The number of rotatable bonds is 13. The highest BCUT2D eigenvalue weighted by molar-refractivity contribution is 6.07. The van der Waals surface area contributed by atoms with E-state index in [1.807, 2.05) is 19.1 Å². The number of nitrogens with zero attached hydrogens (tertiary/aromatic N) is 1. The maximum atomic E-state index is 12.9. The van der Waals surface area contributed by atoms with E-state index in [2.05, 4.69) is 11.9 Å². The van der Waals surface area contributed by atoms with E-state index in [0.29, 0.717) is 47.2 Å². The predicted molar refractivity (Wildman–Crippen MR) is 132 cm³/mol. The lowest BCUT2D eigenvalue weighted by Crippen LogP contribution is -2.17. The summed E-state index contributed by atoms with van der Waals surface area (Å²) in [6.45, 7) is 12.4. The molecule has 1 aromatic carbocycles. The van der Waals surface area contributed by atoms with Crippen LogP contribution >= 0.6 is 0 Å². The Hall–Kier alpha value is -3.09. The van der Waals surface area contributed by atoms with Crippen molar-refractivity contribution in [2.75, 3.05) is 26.4 Å². The number of hydrogen-bond acceptors (Lipinski definition) is 7. The summed E-state index contributed by atoms with van der Waals surface area (Å²) in [6, 6.07) is 5.43. The molecule has 186 valence electrons. The number of carbonyl (C=O) groups is 2. The molecule has 0 radical (unpaired) electrons. The summed E-state index contributed by atoms with van der Waals surface area (Å²) in [7, 11) is 0. The van der Waals surface area contributed by atoms with Gasteiger partial charge < -0.3 is 18.9 Å². The summed E-state index contributed by atoms with van der Waals surface area (Å²) in [5.41, 5.74) is 2.50. The van der Waals surface area contributed by atoms with Crippen molar-refractivity contribution in [1.82, 2.24) is 4.98 Å². The number of pyridine rings is 1. The zero-order valence-corrected chi connectivity index (χ0v) is 21.3. The number of unbranched alkanes of at least 4 members (excludes halogenated alkanes) is 3. The maximum Gasteiger partial charge on any atom is 0.340 e. The second-order valence-corrected chi connectivity index (χ2v) is 7.85. The van der Waals surface area contributed by atoms with Gasteiger partial charge in [0, 0.05) is 5.56 Å². The molecule has 34 heavy (non-hydrogen) atoms. The highest BCUT2D eigenvalue weighted by Gasteiger charge is 2.28. The fourth-order valence-corrected chi connectivity index (χ4v) is 3.81. The number of ether oxygens (including phenoxy) is 4. The first kappa shape index (κ1) is 27.2. The van der Waals surface area contributed by atoms with Crippen LogP contribution in [0.4, 0.5) is 0 Å². The molecule has 2 rings (SSSR count). The smallest absolute Gasteiger partial charge is 0.340 e. The van der Waals surface area contributed by atoms with E-state index in [9.17, 15) is 9.59 Å². The van der Waals surface area contributed by atoms with Crippen LogP contribution in [0.25, 0.3) is 11.1 Å². The average Bonchev–Trinajstić information content (AvgIpc) is 2.79. The van der Waals surface area contributed by atoms with E-state index in [4.69, 9.17) is 18.9 Å². The number of aromatic nitrogens is 1. The third-order valence-electron chi connectivity index (χ3n) is 5.31. The zero-order chi connectivity index (χ0) is 25.1. The molecule has 7 nitrogen and oxygen atoms in total. The highest BCUT2D eigenvalue weighted by atomic mass is 16.5. The van der Waals surface area contributed by atoms with E-state index < -0.39 is 11.9 Å². The predicted octanol–water partition coefficient (Wildman–Crippen LogP) is 6.08. The molecular weight excluding hydrogens is 434 g/mol. The van der Waals surface area contributed by atoms with Gasteiger partial charge in [-0.1, -0.05) is 32.3 Å². The standard InChI is InChI=1S/C27H37NO6/c1-7-11-12-13-16-34-21-15-14-20(17-22(21)31-8-2)25-23(26(29)32-9-3)18(5)28-19(6)24(25)27(30)33-10-4/h14-15,17H,7-13,16H2,1-6H3. The van der Waals surface area contributed by atoms with Crippen LogP contribution in [0.3, 0.4) is 0 Å². The van der Waals surface area contributed by atoms with Gasteiger partial charge >= 0.3 is 11.9 Å². The third kappa shape index (κ3) is 6.72. The molecule has 1 aromatic heterocycles. The molecule has 0 atom stereocenters. The van der Waals surface area contributed by atoms with Crippen LogP contribution in [0.15, 0.2) is 18.2 Å². The van der Waals surface area contributed by atoms with E-state index in [1.54, 1.807) is 33.8 Å². The van der Waals surface area contributed by atoms with Crippen LogP contribution < -0.4 is 9.47 Å². The molecule has 0 aliphatic carbocycles. The van der Waals surface area contributed by atoms with Gasteiger partial charge in [0.1, 0.15) is 0 Å². The van der Waals surface area contributed by atoms with E-state index in [1.165, 1.54) is 6.42 Å². The minimum Gasteiger partial charge on any atom is -0.490 e. The number of benzene rings is 1. The molecule has 0 saturated heterocycles. The molecule has 0 unspecified atom stereocenters. The highest BCUT2D eigenvalue weighted by Crippen LogP contribution is 2.38. The van der Waals surface area contributed by atoms with Crippen LogP contribution in [-0.2, 0) is 9.47 Å². The first-order valence-corrected chi connectivity index (χ1v) is 12.1. The lowest BCUT2D eigenvalue weighted by atomic mass is 9.92. The lowest BCUT2D eigenvalue weighted by molar-refractivity contribution is 0.0525. The van der Waals surface area contributed by atoms with Gasteiger partial charge in [0.05, 0.1) is 48.9 Å². The molecule has 7 heteroatoms. The van der Waals surface area contributed by atoms with Crippen LogP contribution in [0.5, 0.6) is 11.5 Å². The SMILES string of the molecule is CCCCCCOc1ccc(-c2c(C(=O)OCC)c(C)nc(C)c2C(=O)OCC)cc1OCC. The molecule has 0 bridgehead atoms. The maximum absolute atomic E-state index is 12.9. The molecule has 1 heterocycles. The molecule has 0 aliphatic rings. The van der Waals surface area contributed by atoms with E-state index in [-0.39, 0.29) is 24.3 Å². The Morgan fingerprint density at radius 1 is 0.765 bits per heavy atom. The zero-order valence-electron chi connectivity index (χ0n) is 21.3. The van der Waals surface area contributed by atoms with Gasteiger partial charge in [-0.25, -0.2) is 9.59 Å². The van der Waals surface area contributed by atoms with Crippen LogP contribution in [0.1, 0.15) is 85.5 Å². The number of hydrogen-bond donors (Lipinski definition) is 0. The van der Waals surface area contributed by atoms with Crippen molar-refractivity contribution in [2.24, 2.45) is 0 Å². The van der Waals surface area contributed by atoms with Gasteiger partial charge in [-0.15, -0.1) is 0 Å². The van der Waals surface area contributed by atoms with Crippen LogP contribution in [0, 0.1) is 13.8 Å². The van der Waals surface area contributed by atoms with Crippen molar-refractivity contribution in [3.05, 3.63) is 40.7 Å². The van der Waals surface area contributed by atoms with Crippen molar-refractivity contribution in [1.29, 1.82) is 0 Å². The summed E-state index contributed by atoms with van der Waals surface area (Å²) in [5.74, 6) is 0.0942. The molecule has 2 aromatic rings. The quantitative estimate of drug-likeness (QED) is 0.259. The Kier molecular flexibility index (Phi) is 10.8. The fraction of sp³-hybridized carbons (Fsp3) is 0.519. The van der Waals surface area contributed by atoms with Crippen molar-refractivity contribution >= 4 is 11.9 Å². The first-order valence-electron chi connectivity index (χ1n) is 12.1. The lowest BCUT2D eigenvalue weighted by Gasteiger charge is -2.19. The molecule has 0 N–H and O–H groups in total. The fourth-order valence-electron chi connectivity index (χ4n) is 3.81. The summed E-state index contributed by atoms with van der Waals surface area (Å²) < 4.78 is 22.5. The van der Waals surface area contributed by atoms with Gasteiger partial charge in [0.25, 0.3) is 0 Å². The molecule has 0 spiro atoms. The van der Waals surface area contributed by atoms with E-state index in [0.717, 1.165) is 19.3 Å². The number of aryl methyl sites for hydroxylation is 2. The minimum absolute atomic E-state index is 0.204. The second-order valence-electron chi connectivity index (χ2n) is 7.85. The van der Waals surface area contributed by atoms with Gasteiger partial charge in [-0.05, 0) is 58.7 Å². The Labute approximate surface area is 202 Å². The Morgan fingerprint density at radius 3 is 1.91 bits per heavy atom. The minimum atomic E-state index is -0.540. The Bertz CT molecular complexity index is 943. The summed E-state index contributed by atoms with van der Waals surface area (Å²) in [6.07, 6.45) is 4.41. The van der Waals surface area contributed by atoms with Gasteiger partial charge in [0.2, 0.25) is 0 Å². The molecular formula is C27H37NO6. The normalized spacial score (nSPS) is 10.6. The van der Waals surface area contributed by atoms with Crippen molar-refractivity contribution < 1.29 is 28.5 Å². The topological polar surface area (TPSA) is 84.0 Å². The average molecular weight is 472 g/mol. The third-order valence-corrected chi connectivity index (χ3v) is 5.31. The molecule has 0 amide bonds. The number of esters is 2. The van der Waals surface area contributed by atoms with Gasteiger partial charge in [-0.3, -0.25) is 4.98 Å². The molecule has 0 saturated carbocycles. The van der Waals surface area contributed by atoms with E-state index >= 15 is 0 Å². The van der Waals surface area contributed by atoms with Crippen LogP contribution in [0.2, 0.25) is 0 Å². The Morgan fingerprint density at radius 2 is 1.38 bits per heavy atom. The Balaban J connectivity index is 2.63. The van der Waals surface area contributed by atoms with Crippen molar-refractivity contribution in [3.8, 4) is 22.6 Å².